The van der Waals surface area contributed by atoms with Crippen molar-refractivity contribution >= 4 is 16.9 Å². The minimum absolute atomic E-state index is 0.496. The first-order valence-electron chi connectivity index (χ1n) is 9.26. The molecule has 1 aromatic carbocycles. The van der Waals surface area contributed by atoms with E-state index in [-0.39, 0.29) is 0 Å². The van der Waals surface area contributed by atoms with Gasteiger partial charge >= 0.3 is 0 Å². The van der Waals surface area contributed by atoms with Crippen LogP contribution >= 0.6 is 0 Å². The van der Waals surface area contributed by atoms with Gasteiger partial charge in [0.2, 0.25) is 0 Å². The number of hydrogen-bond donors (Lipinski definition) is 1. The van der Waals surface area contributed by atoms with E-state index < -0.39 is 0 Å². The standard InChI is InChI=1S/C20H26N6/c1-13-5-9-16(10-6-13)26-20-17(14(2)24-26)19(21-11-12-25(3)4)22-18(23-20)15-7-8-15/h5-6,9-10,15H,7-8,11-12H2,1-4H3,(H,21,22,23). The summed E-state index contributed by atoms with van der Waals surface area (Å²) in [6, 6.07) is 8.41. The molecule has 0 saturated heterocycles. The molecule has 6 heteroatoms. The molecule has 1 saturated carbocycles. The number of benzene rings is 1. The first kappa shape index (κ1) is 17.0. The summed E-state index contributed by atoms with van der Waals surface area (Å²) in [6.45, 7) is 5.93. The lowest BCUT2D eigenvalue weighted by Crippen LogP contribution is -2.21. The van der Waals surface area contributed by atoms with Gasteiger partial charge in [0, 0.05) is 19.0 Å². The summed E-state index contributed by atoms with van der Waals surface area (Å²) in [5, 5.41) is 9.31. The van der Waals surface area contributed by atoms with E-state index in [1.807, 2.05) is 11.6 Å². The maximum absolute atomic E-state index is 4.90. The van der Waals surface area contributed by atoms with Crippen molar-refractivity contribution in [1.82, 2.24) is 24.6 Å². The Kier molecular flexibility index (Phi) is 4.36. The molecule has 4 rings (SSSR count). The highest BCUT2D eigenvalue weighted by atomic mass is 15.3. The van der Waals surface area contributed by atoms with Gasteiger partial charge in [-0.25, -0.2) is 14.6 Å². The van der Waals surface area contributed by atoms with Gasteiger partial charge in [0.1, 0.15) is 11.6 Å². The number of aryl methyl sites for hydroxylation is 2. The van der Waals surface area contributed by atoms with Crippen molar-refractivity contribution < 1.29 is 0 Å². The highest BCUT2D eigenvalue weighted by molar-refractivity contribution is 5.90. The predicted molar refractivity (Wildman–Crippen MR) is 105 cm³/mol. The van der Waals surface area contributed by atoms with E-state index in [1.54, 1.807) is 0 Å². The van der Waals surface area contributed by atoms with Crippen LogP contribution in [0.4, 0.5) is 5.82 Å². The van der Waals surface area contributed by atoms with Gasteiger partial charge in [0.05, 0.1) is 16.8 Å². The number of likely N-dealkylation sites (N-methyl/N-ethyl adjacent to an activating group) is 1. The van der Waals surface area contributed by atoms with Crippen LogP contribution in [0.15, 0.2) is 24.3 Å². The fraction of sp³-hybridized carbons (Fsp3) is 0.450. The fourth-order valence-corrected chi connectivity index (χ4v) is 3.12. The van der Waals surface area contributed by atoms with Crippen molar-refractivity contribution in [3.8, 4) is 5.69 Å². The molecule has 0 atom stereocenters. The Bertz CT molecular complexity index is 922. The van der Waals surface area contributed by atoms with Crippen LogP contribution in [0.25, 0.3) is 16.7 Å². The molecule has 1 aliphatic carbocycles. The number of anilines is 1. The highest BCUT2D eigenvalue weighted by Gasteiger charge is 2.29. The molecule has 3 aromatic rings. The van der Waals surface area contributed by atoms with Gasteiger partial charge in [-0.2, -0.15) is 5.10 Å². The van der Waals surface area contributed by atoms with Crippen molar-refractivity contribution in [3.05, 3.63) is 41.3 Å². The van der Waals surface area contributed by atoms with E-state index in [2.05, 4.69) is 55.5 Å². The Hall–Kier alpha value is -2.47. The number of nitrogens with one attached hydrogen (secondary N) is 1. The minimum Gasteiger partial charge on any atom is -0.368 e. The lowest BCUT2D eigenvalue weighted by molar-refractivity contribution is 0.425. The van der Waals surface area contributed by atoms with Crippen LogP contribution in [0.3, 0.4) is 0 Å². The zero-order valence-electron chi connectivity index (χ0n) is 16.0. The average molecular weight is 350 g/mol. The molecule has 0 radical (unpaired) electrons. The molecule has 136 valence electrons. The normalized spacial score (nSPS) is 14.3. The van der Waals surface area contributed by atoms with Gasteiger partial charge in [-0.15, -0.1) is 0 Å². The Morgan fingerprint density at radius 1 is 1.12 bits per heavy atom. The molecule has 0 spiro atoms. The molecular formula is C20H26N6. The number of nitrogens with zero attached hydrogens (tertiary/aromatic N) is 5. The van der Waals surface area contributed by atoms with E-state index in [0.29, 0.717) is 5.92 Å². The van der Waals surface area contributed by atoms with Crippen LogP contribution in [0, 0.1) is 13.8 Å². The lowest BCUT2D eigenvalue weighted by Gasteiger charge is -2.13. The molecule has 1 N–H and O–H groups in total. The summed E-state index contributed by atoms with van der Waals surface area (Å²) in [7, 11) is 4.15. The predicted octanol–water partition coefficient (Wildman–Crippen LogP) is 3.28. The summed E-state index contributed by atoms with van der Waals surface area (Å²) in [5.41, 5.74) is 4.13. The van der Waals surface area contributed by atoms with Crippen molar-refractivity contribution in [2.45, 2.75) is 32.6 Å². The lowest BCUT2D eigenvalue weighted by atomic mass is 10.2. The third kappa shape index (κ3) is 3.29. The largest absolute Gasteiger partial charge is 0.368 e. The molecule has 2 heterocycles. The molecule has 0 unspecified atom stereocenters. The molecule has 1 fully saturated rings. The maximum Gasteiger partial charge on any atom is 0.168 e. The summed E-state index contributed by atoms with van der Waals surface area (Å²) >= 11 is 0. The van der Waals surface area contributed by atoms with Gasteiger partial charge in [-0.05, 0) is 52.9 Å². The molecule has 2 aromatic heterocycles. The first-order valence-corrected chi connectivity index (χ1v) is 9.26. The van der Waals surface area contributed by atoms with E-state index >= 15 is 0 Å². The number of rotatable bonds is 6. The highest BCUT2D eigenvalue weighted by Crippen LogP contribution is 2.40. The van der Waals surface area contributed by atoms with Crippen molar-refractivity contribution in [3.63, 3.8) is 0 Å². The van der Waals surface area contributed by atoms with E-state index in [1.165, 1.54) is 18.4 Å². The molecule has 0 bridgehead atoms. The zero-order chi connectivity index (χ0) is 18.3. The summed E-state index contributed by atoms with van der Waals surface area (Å²) in [6.07, 6.45) is 2.36. The second kappa shape index (κ2) is 6.68. The van der Waals surface area contributed by atoms with Gasteiger partial charge in [-0.3, -0.25) is 0 Å². The first-order chi connectivity index (χ1) is 12.5. The second-order valence-electron chi connectivity index (χ2n) is 7.47. The smallest absolute Gasteiger partial charge is 0.168 e. The zero-order valence-corrected chi connectivity index (χ0v) is 16.0. The van der Waals surface area contributed by atoms with Crippen LogP contribution in [-0.2, 0) is 0 Å². The summed E-state index contributed by atoms with van der Waals surface area (Å²) in [4.78, 5) is 11.9. The van der Waals surface area contributed by atoms with Crippen molar-refractivity contribution in [2.24, 2.45) is 0 Å². The molecular weight excluding hydrogens is 324 g/mol. The Balaban J connectivity index is 1.81. The number of fused-ring (bicyclic) bond motifs is 1. The Labute approximate surface area is 154 Å². The quantitative estimate of drug-likeness (QED) is 0.739. The number of aromatic nitrogens is 4. The van der Waals surface area contributed by atoms with Crippen LogP contribution in [0.1, 0.15) is 35.8 Å². The third-order valence-electron chi connectivity index (χ3n) is 4.79. The van der Waals surface area contributed by atoms with Crippen LogP contribution < -0.4 is 5.32 Å². The van der Waals surface area contributed by atoms with Gasteiger partial charge in [-0.1, -0.05) is 17.7 Å². The topological polar surface area (TPSA) is 58.9 Å². The molecule has 1 aliphatic rings. The minimum atomic E-state index is 0.496. The maximum atomic E-state index is 4.90. The van der Waals surface area contributed by atoms with E-state index in [9.17, 15) is 0 Å². The van der Waals surface area contributed by atoms with E-state index in [0.717, 1.165) is 47.1 Å². The monoisotopic (exact) mass is 350 g/mol. The molecule has 0 amide bonds. The molecule has 26 heavy (non-hydrogen) atoms. The summed E-state index contributed by atoms with van der Waals surface area (Å²) in [5.74, 6) is 2.35. The third-order valence-corrected chi connectivity index (χ3v) is 4.79. The molecule has 6 nitrogen and oxygen atoms in total. The average Bonchev–Trinajstić information content (AvgIpc) is 3.40. The van der Waals surface area contributed by atoms with Crippen LogP contribution in [0.5, 0.6) is 0 Å². The van der Waals surface area contributed by atoms with Crippen LogP contribution in [0.2, 0.25) is 0 Å². The Morgan fingerprint density at radius 3 is 2.50 bits per heavy atom. The van der Waals surface area contributed by atoms with E-state index in [4.69, 9.17) is 15.1 Å². The van der Waals surface area contributed by atoms with Crippen molar-refractivity contribution in [2.75, 3.05) is 32.5 Å². The van der Waals surface area contributed by atoms with Gasteiger partial charge in [0.15, 0.2) is 5.65 Å². The van der Waals surface area contributed by atoms with Crippen LogP contribution in [-0.4, -0.2) is 51.8 Å². The second-order valence-corrected chi connectivity index (χ2v) is 7.47. The number of hydrogen-bond acceptors (Lipinski definition) is 5. The van der Waals surface area contributed by atoms with Crippen molar-refractivity contribution in [1.29, 1.82) is 0 Å². The van der Waals surface area contributed by atoms with Gasteiger partial charge in [0.25, 0.3) is 0 Å². The fourth-order valence-electron chi connectivity index (χ4n) is 3.12. The Morgan fingerprint density at radius 2 is 1.85 bits per heavy atom. The SMILES string of the molecule is Cc1ccc(-n2nc(C)c3c(NCCN(C)C)nc(C4CC4)nc32)cc1. The van der Waals surface area contributed by atoms with Gasteiger partial charge < -0.3 is 10.2 Å². The molecule has 0 aliphatic heterocycles. The summed E-state index contributed by atoms with van der Waals surface area (Å²) < 4.78 is 1.95.